The van der Waals surface area contributed by atoms with E-state index in [1.54, 1.807) is 18.4 Å². The normalized spacial score (nSPS) is 24.2. The summed E-state index contributed by atoms with van der Waals surface area (Å²) in [5.74, 6) is 0. The van der Waals surface area contributed by atoms with E-state index in [1.165, 1.54) is 0 Å². The van der Waals surface area contributed by atoms with Crippen LogP contribution >= 0.6 is 22.9 Å². The first-order valence-corrected chi connectivity index (χ1v) is 9.57. The Morgan fingerprint density at radius 1 is 1.32 bits per heavy atom. The van der Waals surface area contributed by atoms with Crippen molar-refractivity contribution in [2.75, 3.05) is 26.7 Å². The van der Waals surface area contributed by atoms with Crippen molar-refractivity contribution in [2.45, 2.75) is 39.0 Å². The molecule has 0 saturated carbocycles. The van der Waals surface area contributed by atoms with Crippen LogP contribution in [-0.4, -0.2) is 66.6 Å². The number of carbonyl (C=O) groups excluding carboxylic acids is 1. The number of fused-ring (bicyclic) bond motifs is 1. The molecule has 0 unspecified atom stereocenters. The van der Waals surface area contributed by atoms with Crippen molar-refractivity contribution in [2.24, 2.45) is 9.98 Å². The Bertz CT molecular complexity index is 708. The van der Waals surface area contributed by atoms with Crippen molar-refractivity contribution in [1.29, 1.82) is 0 Å². The molecule has 136 valence electrons. The fourth-order valence-corrected chi connectivity index (χ4v) is 4.95. The van der Waals surface area contributed by atoms with Crippen LogP contribution in [0.2, 0.25) is 0 Å². The number of nitrogens with zero attached hydrogens (tertiary/aromatic N) is 4. The smallest absolute Gasteiger partial charge is 0.320 e. The van der Waals surface area contributed by atoms with Crippen LogP contribution in [0.1, 0.15) is 29.9 Å². The van der Waals surface area contributed by atoms with Gasteiger partial charge in [-0.25, -0.2) is 4.79 Å². The third-order valence-electron chi connectivity index (χ3n) is 4.55. The van der Waals surface area contributed by atoms with Gasteiger partial charge in [0.15, 0.2) is 0 Å². The molecule has 6 nitrogen and oxygen atoms in total. The van der Waals surface area contributed by atoms with E-state index in [9.17, 15) is 4.79 Å². The lowest BCUT2D eigenvalue weighted by atomic mass is 10.0. The van der Waals surface area contributed by atoms with Crippen LogP contribution in [0, 0.1) is 0 Å². The van der Waals surface area contributed by atoms with Crippen molar-refractivity contribution < 1.29 is 9.53 Å². The van der Waals surface area contributed by atoms with Crippen LogP contribution in [0.15, 0.2) is 9.98 Å². The largest absolute Gasteiger partial charge is 0.372 e. The van der Waals surface area contributed by atoms with E-state index >= 15 is 0 Å². The molecular formula is C17H23ClN4O2S. The van der Waals surface area contributed by atoms with Crippen LogP contribution in [0.4, 0.5) is 9.80 Å². The zero-order valence-corrected chi connectivity index (χ0v) is 16.4. The number of rotatable bonds is 2. The van der Waals surface area contributed by atoms with Gasteiger partial charge in [0.2, 0.25) is 0 Å². The monoisotopic (exact) mass is 382 g/mol. The van der Waals surface area contributed by atoms with Gasteiger partial charge < -0.3 is 14.5 Å². The minimum absolute atomic E-state index is 0.0672. The van der Waals surface area contributed by atoms with Gasteiger partial charge in [0.05, 0.1) is 24.3 Å². The number of amides is 2. The highest BCUT2D eigenvalue weighted by Crippen LogP contribution is 2.40. The summed E-state index contributed by atoms with van der Waals surface area (Å²) in [5, 5.41) is 1.24. The molecule has 2 aliphatic rings. The maximum absolute atomic E-state index is 12.9. The van der Waals surface area contributed by atoms with E-state index in [1.807, 2.05) is 23.6 Å². The van der Waals surface area contributed by atoms with Gasteiger partial charge in [0.1, 0.15) is 10.2 Å². The average molecular weight is 383 g/mol. The Labute approximate surface area is 157 Å². The first kappa shape index (κ1) is 18.4. The standard InChI is InChI=1S/C17H23ClN4O2S/c1-10-7-22(8-11(2)24-10)17(23)21-6-5-12-13(9-21)25-16(20-4)14(12)15(18)19-3/h10-11H,4-9H2,1-3H3/t10-,11+. The molecular weight excluding hydrogens is 360 g/mol. The molecule has 2 aliphatic heterocycles. The van der Waals surface area contributed by atoms with Gasteiger partial charge in [-0.2, -0.15) is 0 Å². The number of aliphatic imine (C=N–C) groups is 2. The van der Waals surface area contributed by atoms with Crippen LogP contribution in [0.25, 0.3) is 0 Å². The molecule has 2 amide bonds. The number of ether oxygens (including phenoxy) is 1. The topological polar surface area (TPSA) is 57.5 Å². The first-order chi connectivity index (χ1) is 11.9. The number of urea groups is 1. The Hall–Kier alpha value is -1.44. The maximum Gasteiger partial charge on any atom is 0.320 e. The van der Waals surface area contributed by atoms with Crippen LogP contribution in [-0.2, 0) is 17.7 Å². The maximum atomic E-state index is 12.9. The zero-order valence-electron chi connectivity index (χ0n) is 14.8. The molecule has 0 radical (unpaired) electrons. The number of hydrogen-bond donors (Lipinski definition) is 0. The molecule has 3 heterocycles. The van der Waals surface area contributed by atoms with Gasteiger partial charge in [0, 0.05) is 31.6 Å². The van der Waals surface area contributed by atoms with E-state index in [-0.39, 0.29) is 18.2 Å². The molecule has 0 aromatic carbocycles. The summed E-state index contributed by atoms with van der Waals surface area (Å²) in [5.41, 5.74) is 2.02. The summed E-state index contributed by atoms with van der Waals surface area (Å²) in [6.45, 7) is 10.2. The Morgan fingerprint density at radius 3 is 2.60 bits per heavy atom. The highest BCUT2D eigenvalue weighted by molar-refractivity contribution is 7.16. The highest BCUT2D eigenvalue weighted by Gasteiger charge is 2.33. The lowest BCUT2D eigenvalue weighted by molar-refractivity contribution is -0.0585. The van der Waals surface area contributed by atoms with Crippen molar-refractivity contribution in [3.8, 4) is 0 Å². The molecule has 0 spiro atoms. The molecule has 1 aromatic heterocycles. The number of morpholine rings is 1. The van der Waals surface area contributed by atoms with Gasteiger partial charge in [-0.1, -0.05) is 11.6 Å². The number of thiophene rings is 1. The molecule has 0 N–H and O–H groups in total. The lowest BCUT2D eigenvalue weighted by Gasteiger charge is -2.39. The minimum atomic E-state index is 0.0672. The summed E-state index contributed by atoms with van der Waals surface area (Å²) in [7, 11) is 1.67. The van der Waals surface area contributed by atoms with E-state index in [0.717, 1.165) is 27.4 Å². The molecule has 25 heavy (non-hydrogen) atoms. The second-order valence-corrected chi connectivity index (χ2v) is 7.91. The Kier molecular flexibility index (Phi) is 5.46. The number of halogens is 1. The number of hydrogen-bond acceptors (Lipinski definition) is 5. The highest BCUT2D eigenvalue weighted by atomic mass is 35.5. The average Bonchev–Trinajstić information content (AvgIpc) is 2.97. The van der Waals surface area contributed by atoms with Crippen LogP contribution < -0.4 is 0 Å². The second-order valence-electron chi connectivity index (χ2n) is 6.47. The van der Waals surface area contributed by atoms with E-state index in [4.69, 9.17) is 16.3 Å². The lowest BCUT2D eigenvalue weighted by Crippen LogP contribution is -2.53. The molecule has 0 aliphatic carbocycles. The zero-order chi connectivity index (χ0) is 18.1. The molecule has 1 aromatic rings. The van der Waals surface area contributed by atoms with Gasteiger partial charge >= 0.3 is 6.03 Å². The van der Waals surface area contributed by atoms with Gasteiger partial charge in [-0.15, -0.1) is 11.3 Å². The van der Waals surface area contributed by atoms with E-state index in [0.29, 0.717) is 31.3 Å². The van der Waals surface area contributed by atoms with Gasteiger partial charge in [-0.05, 0) is 32.5 Å². The Morgan fingerprint density at radius 2 is 2.00 bits per heavy atom. The third-order valence-corrected chi connectivity index (χ3v) is 6.05. The van der Waals surface area contributed by atoms with Gasteiger partial charge in [-0.3, -0.25) is 9.98 Å². The summed E-state index contributed by atoms with van der Waals surface area (Å²) in [4.78, 5) is 26.0. The quantitative estimate of drug-likeness (QED) is 0.737. The summed E-state index contributed by atoms with van der Waals surface area (Å²) in [6.07, 6.45) is 0.888. The van der Waals surface area contributed by atoms with E-state index in [2.05, 4.69) is 16.7 Å². The predicted molar refractivity (Wildman–Crippen MR) is 103 cm³/mol. The SMILES string of the molecule is C=Nc1sc2c(c1C(Cl)=NC)CCN(C(=O)N1C[C@@H](C)O[C@@H](C)C1)C2. The minimum Gasteiger partial charge on any atom is -0.372 e. The second kappa shape index (κ2) is 7.43. The summed E-state index contributed by atoms with van der Waals surface area (Å²) >= 11 is 7.81. The molecule has 1 fully saturated rings. The summed E-state index contributed by atoms with van der Waals surface area (Å²) < 4.78 is 5.72. The van der Waals surface area contributed by atoms with Crippen molar-refractivity contribution in [3.05, 3.63) is 16.0 Å². The van der Waals surface area contributed by atoms with Crippen LogP contribution in [0.3, 0.4) is 0 Å². The van der Waals surface area contributed by atoms with Crippen molar-refractivity contribution >= 4 is 45.9 Å². The molecule has 2 atom stereocenters. The third kappa shape index (κ3) is 3.59. The molecule has 0 bridgehead atoms. The summed E-state index contributed by atoms with van der Waals surface area (Å²) in [6, 6.07) is 0.0750. The fraction of sp³-hybridized carbons (Fsp3) is 0.588. The number of carbonyl (C=O) groups is 1. The molecule has 8 heteroatoms. The molecule has 3 rings (SSSR count). The van der Waals surface area contributed by atoms with Crippen molar-refractivity contribution in [1.82, 2.24) is 9.80 Å². The molecule has 1 saturated heterocycles. The first-order valence-electron chi connectivity index (χ1n) is 8.37. The van der Waals surface area contributed by atoms with Gasteiger partial charge in [0.25, 0.3) is 0 Å². The predicted octanol–water partition coefficient (Wildman–Crippen LogP) is 3.28. The fourth-order valence-electron chi connectivity index (χ4n) is 3.52. The van der Waals surface area contributed by atoms with E-state index < -0.39 is 0 Å². The van der Waals surface area contributed by atoms with Crippen molar-refractivity contribution in [3.63, 3.8) is 0 Å². The Balaban J connectivity index is 1.80. The van der Waals surface area contributed by atoms with Crippen LogP contribution in [0.5, 0.6) is 0 Å².